The van der Waals surface area contributed by atoms with E-state index in [1.165, 1.54) is 19.4 Å². The quantitative estimate of drug-likeness (QED) is 0.669. The van der Waals surface area contributed by atoms with E-state index >= 15 is 0 Å². The predicted octanol–water partition coefficient (Wildman–Crippen LogP) is 0.428. The van der Waals surface area contributed by atoms with Crippen LogP contribution in [0.1, 0.15) is 26.2 Å². The Bertz CT molecular complexity index is 139. The van der Waals surface area contributed by atoms with Crippen molar-refractivity contribution in [2.75, 3.05) is 26.2 Å². The fourth-order valence-electron chi connectivity index (χ4n) is 2.00. The molecule has 0 bridgehead atoms. The molecule has 0 aromatic heterocycles. The summed E-state index contributed by atoms with van der Waals surface area (Å²) in [6, 6.07) is 0. The SMILES string of the molecule is C[C@@H](O)[C@@H]1CCCN(CCCN)C1. The highest BCUT2D eigenvalue weighted by atomic mass is 16.3. The van der Waals surface area contributed by atoms with Gasteiger partial charge in [0.2, 0.25) is 0 Å². The monoisotopic (exact) mass is 186 g/mol. The summed E-state index contributed by atoms with van der Waals surface area (Å²) in [5.41, 5.74) is 5.46. The maximum Gasteiger partial charge on any atom is 0.0552 e. The Morgan fingerprint density at radius 1 is 1.62 bits per heavy atom. The summed E-state index contributed by atoms with van der Waals surface area (Å²) in [6.45, 7) is 6.01. The lowest BCUT2D eigenvalue weighted by atomic mass is 9.93. The molecular formula is C10H22N2O. The van der Waals surface area contributed by atoms with Gasteiger partial charge in [0.25, 0.3) is 0 Å². The molecule has 3 nitrogen and oxygen atoms in total. The van der Waals surface area contributed by atoms with Crippen molar-refractivity contribution in [1.29, 1.82) is 0 Å². The number of hydrogen-bond acceptors (Lipinski definition) is 3. The van der Waals surface area contributed by atoms with Gasteiger partial charge in [-0.05, 0) is 51.7 Å². The van der Waals surface area contributed by atoms with E-state index in [2.05, 4.69) is 4.90 Å². The molecule has 0 aliphatic carbocycles. The summed E-state index contributed by atoms with van der Waals surface area (Å²) in [5.74, 6) is 0.478. The van der Waals surface area contributed by atoms with E-state index in [4.69, 9.17) is 5.73 Å². The zero-order valence-corrected chi connectivity index (χ0v) is 8.58. The number of aliphatic hydroxyl groups excluding tert-OH is 1. The number of hydrogen-bond donors (Lipinski definition) is 2. The third-order valence-corrected chi connectivity index (χ3v) is 2.90. The standard InChI is InChI=1S/C10H22N2O/c1-9(13)10-4-2-6-12(8-10)7-3-5-11/h9-10,13H,2-8,11H2,1H3/t9-,10-/m1/s1. The van der Waals surface area contributed by atoms with Crippen molar-refractivity contribution in [2.45, 2.75) is 32.3 Å². The first-order valence-corrected chi connectivity index (χ1v) is 5.34. The molecule has 3 N–H and O–H groups in total. The first-order valence-electron chi connectivity index (χ1n) is 5.34. The molecule has 1 aliphatic heterocycles. The molecule has 0 unspecified atom stereocenters. The fraction of sp³-hybridized carbons (Fsp3) is 1.00. The number of nitrogens with two attached hydrogens (primary N) is 1. The molecule has 0 saturated carbocycles. The van der Waals surface area contributed by atoms with Crippen LogP contribution >= 0.6 is 0 Å². The van der Waals surface area contributed by atoms with Gasteiger partial charge in [-0.2, -0.15) is 0 Å². The molecule has 1 saturated heterocycles. The lowest BCUT2D eigenvalue weighted by molar-refractivity contribution is 0.0627. The van der Waals surface area contributed by atoms with Crippen molar-refractivity contribution < 1.29 is 5.11 Å². The van der Waals surface area contributed by atoms with E-state index in [-0.39, 0.29) is 6.10 Å². The molecule has 0 radical (unpaired) electrons. The summed E-state index contributed by atoms with van der Waals surface area (Å²) < 4.78 is 0. The van der Waals surface area contributed by atoms with E-state index in [0.29, 0.717) is 5.92 Å². The molecule has 1 aliphatic rings. The van der Waals surface area contributed by atoms with E-state index < -0.39 is 0 Å². The van der Waals surface area contributed by atoms with Gasteiger partial charge in [-0.15, -0.1) is 0 Å². The lowest BCUT2D eigenvalue weighted by Gasteiger charge is -2.34. The zero-order chi connectivity index (χ0) is 9.68. The van der Waals surface area contributed by atoms with Crippen LogP contribution in [0.25, 0.3) is 0 Å². The molecule has 0 spiro atoms. The second-order valence-electron chi connectivity index (χ2n) is 4.09. The largest absolute Gasteiger partial charge is 0.393 e. The summed E-state index contributed by atoms with van der Waals surface area (Å²) in [5, 5.41) is 9.47. The molecule has 2 atom stereocenters. The minimum Gasteiger partial charge on any atom is -0.393 e. The van der Waals surface area contributed by atoms with Crippen molar-refractivity contribution >= 4 is 0 Å². The number of likely N-dealkylation sites (tertiary alicyclic amines) is 1. The lowest BCUT2D eigenvalue weighted by Crippen LogP contribution is -2.40. The maximum absolute atomic E-state index is 9.47. The average molecular weight is 186 g/mol. The molecule has 1 heterocycles. The number of piperidine rings is 1. The molecule has 1 fully saturated rings. The van der Waals surface area contributed by atoms with Crippen molar-refractivity contribution in [3.8, 4) is 0 Å². The summed E-state index contributed by atoms with van der Waals surface area (Å²) >= 11 is 0. The Morgan fingerprint density at radius 3 is 3.00 bits per heavy atom. The van der Waals surface area contributed by atoms with E-state index in [0.717, 1.165) is 26.1 Å². The van der Waals surface area contributed by atoms with Crippen LogP contribution in [0.3, 0.4) is 0 Å². The van der Waals surface area contributed by atoms with Gasteiger partial charge >= 0.3 is 0 Å². The van der Waals surface area contributed by atoms with Gasteiger partial charge in [0.1, 0.15) is 0 Å². The van der Waals surface area contributed by atoms with Crippen LogP contribution in [0.15, 0.2) is 0 Å². The minimum atomic E-state index is -0.152. The minimum absolute atomic E-state index is 0.152. The first-order chi connectivity index (χ1) is 6.24. The number of aliphatic hydroxyl groups is 1. The Kier molecular flexibility index (Phi) is 4.70. The number of rotatable bonds is 4. The Labute approximate surface area is 80.9 Å². The van der Waals surface area contributed by atoms with E-state index in [1.54, 1.807) is 0 Å². The van der Waals surface area contributed by atoms with Gasteiger partial charge in [-0.25, -0.2) is 0 Å². The van der Waals surface area contributed by atoms with Crippen molar-refractivity contribution in [3.63, 3.8) is 0 Å². The van der Waals surface area contributed by atoms with Crippen LogP contribution in [0.2, 0.25) is 0 Å². The third kappa shape index (κ3) is 3.63. The van der Waals surface area contributed by atoms with Crippen LogP contribution < -0.4 is 5.73 Å². The smallest absolute Gasteiger partial charge is 0.0552 e. The normalized spacial score (nSPS) is 27.5. The van der Waals surface area contributed by atoms with Crippen LogP contribution in [-0.4, -0.2) is 42.3 Å². The highest BCUT2D eigenvalue weighted by Gasteiger charge is 2.22. The third-order valence-electron chi connectivity index (χ3n) is 2.90. The molecule has 0 amide bonds. The maximum atomic E-state index is 9.47. The Hall–Kier alpha value is -0.120. The molecule has 78 valence electrons. The molecule has 0 aromatic rings. The summed E-state index contributed by atoms with van der Waals surface area (Å²) in [4.78, 5) is 2.42. The van der Waals surface area contributed by atoms with Crippen molar-refractivity contribution in [3.05, 3.63) is 0 Å². The zero-order valence-electron chi connectivity index (χ0n) is 8.58. The average Bonchev–Trinajstić information content (AvgIpc) is 2.15. The van der Waals surface area contributed by atoms with Gasteiger partial charge in [0, 0.05) is 6.54 Å². The fourth-order valence-corrected chi connectivity index (χ4v) is 2.00. The van der Waals surface area contributed by atoms with Gasteiger partial charge in [-0.1, -0.05) is 0 Å². The van der Waals surface area contributed by atoms with Gasteiger partial charge in [0.05, 0.1) is 6.10 Å². The van der Waals surface area contributed by atoms with Crippen LogP contribution in [0.5, 0.6) is 0 Å². The molecule has 3 heteroatoms. The van der Waals surface area contributed by atoms with Crippen molar-refractivity contribution in [2.24, 2.45) is 11.7 Å². The highest BCUT2D eigenvalue weighted by molar-refractivity contribution is 4.76. The molecule has 13 heavy (non-hydrogen) atoms. The van der Waals surface area contributed by atoms with Gasteiger partial charge < -0.3 is 15.7 Å². The molecule has 0 aromatic carbocycles. The molecular weight excluding hydrogens is 164 g/mol. The van der Waals surface area contributed by atoms with Crippen LogP contribution in [0, 0.1) is 5.92 Å². The first kappa shape index (κ1) is 11.0. The molecule has 1 rings (SSSR count). The van der Waals surface area contributed by atoms with E-state index in [9.17, 15) is 5.11 Å². The topological polar surface area (TPSA) is 49.5 Å². The second-order valence-corrected chi connectivity index (χ2v) is 4.09. The Morgan fingerprint density at radius 2 is 2.38 bits per heavy atom. The van der Waals surface area contributed by atoms with Crippen LogP contribution in [0.4, 0.5) is 0 Å². The van der Waals surface area contributed by atoms with Gasteiger partial charge in [0.15, 0.2) is 0 Å². The van der Waals surface area contributed by atoms with Gasteiger partial charge in [-0.3, -0.25) is 0 Å². The van der Waals surface area contributed by atoms with Crippen LogP contribution in [-0.2, 0) is 0 Å². The summed E-state index contributed by atoms with van der Waals surface area (Å²) in [7, 11) is 0. The van der Waals surface area contributed by atoms with E-state index in [1.807, 2.05) is 6.92 Å². The second kappa shape index (κ2) is 5.58. The summed E-state index contributed by atoms with van der Waals surface area (Å²) in [6.07, 6.45) is 3.32. The Balaban J connectivity index is 2.25. The number of nitrogens with zero attached hydrogens (tertiary/aromatic N) is 1. The highest BCUT2D eigenvalue weighted by Crippen LogP contribution is 2.19. The predicted molar refractivity (Wildman–Crippen MR) is 54.5 cm³/mol. The van der Waals surface area contributed by atoms with Crippen molar-refractivity contribution in [1.82, 2.24) is 4.90 Å².